The fraction of sp³-hybridized carbons (Fsp3) is 0.938. The minimum Gasteiger partial charge on any atom is -0.481 e. The molecular weight excluding hydrogens is 238 g/mol. The standard InChI is InChI=1S/C16H25NO2/c18-15(19)6-11-1-2-17(10-11)16-7-12-3-13(8-16)5-14(4-12)9-16/h11-14H,1-10H2,(H,18,19). The van der Waals surface area contributed by atoms with Crippen LogP contribution in [0.2, 0.25) is 0 Å². The highest BCUT2D eigenvalue weighted by molar-refractivity contribution is 5.67. The molecule has 1 N–H and O–H groups in total. The van der Waals surface area contributed by atoms with E-state index >= 15 is 0 Å². The summed E-state index contributed by atoms with van der Waals surface area (Å²) in [5.41, 5.74) is 0.488. The van der Waals surface area contributed by atoms with Gasteiger partial charge in [-0.2, -0.15) is 0 Å². The third-order valence-electron chi connectivity index (χ3n) is 6.43. The van der Waals surface area contributed by atoms with Gasteiger partial charge < -0.3 is 5.11 Å². The maximum absolute atomic E-state index is 10.9. The van der Waals surface area contributed by atoms with Crippen LogP contribution in [0.1, 0.15) is 51.4 Å². The highest BCUT2D eigenvalue weighted by Gasteiger charge is 2.54. The van der Waals surface area contributed by atoms with Crippen LogP contribution in [0.25, 0.3) is 0 Å². The molecule has 5 aliphatic rings. The van der Waals surface area contributed by atoms with Crippen molar-refractivity contribution in [1.82, 2.24) is 4.90 Å². The Balaban J connectivity index is 1.49. The molecule has 4 saturated carbocycles. The first-order valence-corrected chi connectivity index (χ1v) is 8.10. The smallest absolute Gasteiger partial charge is 0.303 e. The monoisotopic (exact) mass is 263 g/mol. The number of rotatable bonds is 3. The number of hydrogen-bond donors (Lipinski definition) is 1. The third-order valence-corrected chi connectivity index (χ3v) is 6.43. The van der Waals surface area contributed by atoms with Crippen molar-refractivity contribution in [2.24, 2.45) is 23.7 Å². The first-order chi connectivity index (χ1) is 9.13. The Morgan fingerprint density at radius 2 is 1.68 bits per heavy atom. The van der Waals surface area contributed by atoms with E-state index in [1.807, 2.05) is 0 Å². The molecule has 0 radical (unpaired) electrons. The van der Waals surface area contributed by atoms with Gasteiger partial charge in [-0.1, -0.05) is 0 Å². The van der Waals surface area contributed by atoms with E-state index in [1.54, 1.807) is 0 Å². The summed E-state index contributed by atoms with van der Waals surface area (Å²) in [5.74, 6) is 2.77. The normalized spacial score (nSPS) is 48.8. The number of aliphatic carboxylic acids is 1. The van der Waals surface area contributed by atoms with Crippen LogP contribution < -0.4 is 0 Å². The highest BCUT2D eigenvalue weighted by Crippen LogP contribution is 2.58. The molecule has 1 aliphatic heterocycles. The van der Waals surface area contributed by atoms with Gasteiger partial charge in [0.2, 0.25) is 0 Å². The molecule has 19 heavy (non-hydrogen) atoms. The lowest BCUT2D eigenvalue weighted by molar-refractivity contribution is -0.138. The summed E-state index contributed by atoms with van der Waals surface area (Å²) in [7, 11) is 0. The van der Waals surface area contributed by atoms with Crippen LogP contribution in [0.15, 0.2) is 0 Å². The van der Waals surface area contributed by atoms with E-state index in [2.05, 4.69) is 4.90 Å². The van der Waals surface area contributed by atoms with Gasteiger partial charge in [0.15, 0.2) is 0 Å². The van der Waals surface area contributed by atoms with Gasteiger partial charge in [0.1, 0.15) is 0 Å². The maximum atomic E-state index is 10.9. The van der Waals surface area contributed by atoms with Gasteiger partial charge in [-0.05, 0) is 75.2 Å². The first kappa shape index (κ1) is 12.2. The average molecular weight is 263 g/mol. The van der Waals surface area contributed by atoms with Crippen molar-refractivity contribution in [2.75, 3.05) is 13.1 Å². The van der Waals surface area contributed by atoms with Gasteiger partial charge in [-0.25, -0.2) is 0 Å². The Bertz CT molecular complexity index is 357. The molecule has 4 aliphatic carbocycles. The Hall–Kier alpha value is -0.570. The lowest BCUT2D eigenvalue weighted by atomic mass is 9.52. The molecule has 0 spiro atoms. The summed E-state index contributed by atoms with van der Waals surface area (Å²) < 4.78 is 0. The van der Waals surface area contributed by atoms with Crippen molar-refractivity contribution in [3.63, 3.8) is 0 Å². The van der Waals surface area contributed by atoms with E-state index in [4.69, 9.17) is 5.11 Å². The summed E-state index contributed by atoms with van der Waals surface area (Å²) in [4.78, 5) is 13.6. The molecule has 0 aromatic rings. The fourth-order valence-corrected chi connectivity index (χ4v) is 6.13. The van der Waals surface area contributed by atoms with E-state index in [0.717, 1.165) is 37.3 Å². The first-order valence-electron chi connectivity index (χ1n) is 8.10. The van der Waals surface area contributed by atoms with Crippen LogP contribution >= 0.6 is 0 Å². The predicted octanol–water partition coefficient (Wildman–Crippen LogP) is 2.75. The van der Waals surface area contributed by atoms with E-state index < -0.39 is 5.97 Å². The molecule has 4 bridgehead atoms. The average Bonchev–Trinajstić information content (AvgIpc) is 2.75. The zero-order valence-corrected chi connectivity index (χ0v) is 11.7. The van der Waals surface area contributed by atoms with Crippen LogP contribution in [0.4, 0.5) is 0 Å². The second-order valence-corrected chi connectivity index (χ2v) is 7.84. The van der Waals surface area contributed by atoms with E-state index in [1.165, 1.54) is 38.5 Å². The van der Waals surface area contributed by atoms with Crippen molar-refractivity contribution in [1.29, 1.82) is 0 Å². The van der Waals surface area contributed by atoms with Gasteiger partial charge in [0.25, 0.3) is 0 Å². The highest BCUT2D eigenvalue weighted by atomic mass is 16.4. The minimum absolute atomic E-state index is 0.378. The summed E-state index contributed by atoms with van der Waals surface area (Å²) in [6.07, 6.45) is 10.2. The van der Waals surface area contributed by atoms with Gasteiger partial charge in [-0.15, -0.1) is 0 Å². The van der Waals surface area contributed by atoms with Gasteiger partial charge in [0, 0.05) is 18.5 Å². The van der Waals surface area contributed by atoms with Crippen molar-refractivity contribution < 1.29 is 9.90 Å². The van der Waals surface area contributed by atoms with E-state index in [0.29, 0.717) is 17.9 Å². The molecular formula is C16H25NO2. The topological polar surface area (TPSA) is 40.5 Å². The Labute approximate surface area is 115 Å². The lowest BCUT2D eigenvalue weighted by Crippen LogP contribution is -2.59. The number of carboxylic acids is 1. The number of carbonyl (C=O) groups is 1. The summed E-state index contributed by atoms with van der Waals surface area (Å²) >= 11 is 0. The molecule has 0 aromatic heterocycles. The Kier molecular flexibility index (Phi) is 2.70. The maximum Gasteiger partial charge on any atom is 0.303 e. The minimum atomic E-state index is -0.614. The zero-order valence-electron chi connectivity index (χ0n) is 11.7. The fourth-order valence-electron chi connectivity index (χ4n) is 6.13. The lowest BCUT2D eigenvalue weighted by Gasteiger charge is -2.60. The second kappa shape index (κ2) is 4.21. The molecule has 0 amide bonds. The largest absolute Gasteiger partial charge is 0.481 e. The molecule has 1 unspecified atom stereocenters. The summed E-state index contributed by atoms with van der Waals surface area (Å²) in [6, 6.07) is 0. The molecule has 5 fully saturated rings. The molecule has 1 heterocycles. The summed E-state index contributed by atoms with van der Waals surface area (Å²) in [5, 5.41) is 8.98. The number of likely N-dealkylation sites (tertiary alicyclic amines) is 1. The SMILES string of the molecule is O=C(O)CC1CCN(C23CC4CC(CC(C4)C2)C3)C1. The van der Waals surface area contributed by atoms with Gasteiger partial charge in [0.05, 0.1) is 0 Å². The molecule has 1 atom stereocenters. The molecule has 0 aromatic carbocycles. The van der Waals surface area contributed by atoms with E-state index in [-0.39, 0.29) is 0 Å². The number of carboxylic acid groups (broad SMARTS) is 1. The van der Waals surface area contributed by atoms with Crippen molar-refractivity contribution >= 4 is 5.97 Å². The van der Waals surface area contributed by atoms with Crippen LogP contribution in [-0.2, 0) is 4.79 Å². The third kappa shape index (κ3) is 2.01. The van der Waals surface area contributed by atoms with Crippen molar-refractivity contribution in [2.45, 2.75) is 56.9 Å². The molecule has 3 nitrogen and oxygen atoms in total. The van der Waals surface area contributed by atoms with Crippen LogP contribution in [0.5, 0.6) is 0 Å². The number of hydrogen-bond acceptors (Lipinski definition) is 2. The van der Waals surface area contributed by atoms with Crippen molar-refractivity contribution in [3.8, 4) is 0 Å². The molecule has 1 saturated heterocycles. The van der Waals surface area contributed by atoms with Crippen LogP contribution in [0.3, 0.4) is 0 Å². The van der Waals surface area contributed by atoms with E-state index in [9.17, 15) is 4.79 Å². The Morgan fingerprint density at radius 3 is 2.21 bits per heavy atom. The quantitative estimate of drug-likeness (QED) is 0.851. The van der Waals surface area contributed by atoms with Crippen molar-refractivity contribution in [3.05, 3.63) is 0 Å². The predicted molar refractivity (Wildman–Crippen MR) is 72.8 cm³/mol. The van der Waals surface area contributed by atoms with Gasteiger partial charge >= 0.3 is 5.97 Å². The van der Waals surface area contributed by atoms with Gasteiger partial charge in [-0.3, -0.25) is 9.69 Å². The zero-order chi connectivity index (χ0) is 13.0. The number of nitrogens with zero attached hydrogens (tertiary/aromatic N) is 1. The molecule has 106 valence electrons. The Morgan fingerprint density at radius 1 is 1.11 bits per heavy atom. The molecule has 3 heteroatoms. The van der Waals surface area contributed by atoms with Crippen LogP contribution in [0, 0.1) is 23.7 Å². The summed E-state index contributed by atoms with van der Waals surface area (Å²) in [6.45, 7) is 2.21. The second-order valence-electron chi connectivity index (χ2n) is 7.84. The molecule has 5 rings (SSSR count). The van der Waals surface area contributed by atoms with Crippen LogP contribution in [-0.4, -0.2) is 34.6 Å².